The first-order valence-electron chi connectivity index (χ1n) is 7.44. The van der Waals surface area contributed by atoms with E-state index in [1.165, 1.54) is 24.4 Å². The molecule has 0 aliphatic rings. The number of pyridine rings is 1. The average Bonchev–Trinajstić information content (AvgIpc) is 2.58. The van der Waals surface area contributed by atoms with Gasteiger partial charge in [-0.1, -0.05) is 6.92 Å². The van der Waals surface area contributed by atoms with Crippen LogP contribution in [0.4, 0.5) is 14.5 Å². The molecule has 1 unspecified atom stereocenters. The number of nitrogens with one attached hydrogen (secondary N) is 2. The molecule has 7 heteroatoms. The molecule has 0 fully saturated rings. The maximum atomic E-state index is 13.2. The Kier molecular flexibility index (Phi) is 5.57. The lowest BCUT2D eigenvalue weighted by Gasteiger charge is -2.11. The van der Waals surface area contributed by atoms with Crippen LogP contribution in [0.15, 0.2) is 36.5 Å². The Morgan fingerprint density at radius 3 is 2.54 bits per heavy atom. The van der Waals surface area contributed by atoms with Gasteiger partial charge in [0.2, 0.25) is 0 Å². The van der Waals surface area contributed by atoms with Crippen molar-refractivity contribution in [3.8, 4) is 0 Å². The monoisotopic (exact) mass is 333 g/mol. The highest BCUT2D eigenvalue weighted by Crippen LogP contribution is 2.14. The van der Waals surface area contributed by atoms with Crippen molar-refractivity contribution in [2.45, 2.75) is 26.3 Å². The Morgan fingerprint density at radius 2 is 1.88 bits per heavy atom. The van der Waals surface area contributed by atoms with E-state index in [1.54, 1.807) is 0 Å². The van der Waals surface area contributed by atoms with Gasteiger partial charge in [-0.3, -0.25) is 14.6 Å². The molecule has 1 atom stereocenters. The van der Waals surface area contributed by atoms with Gasteiger partial charge in [-0.2, -0.15) is 0 Å². The summed E-state index contributed by atoms with van der Waals surface area (Å²) in [4.78, 5) is 28.1. The van der Waals surface area contributed by atoms with Gasteiger partial charge in [0.15, 0.2) is 11.6 Å². The minimum absolute atomic E-state index is 0.00321. The van der Waals surface area contributed by atoms with E-state index in [4.69, 9.17) is 0 Å². The predicted molar refractivity (Wildman–Crippen MR) is 85.8 cm³/mol. The van der Waals surface area contributed by atoms with E-state index in [-0.39, 0.29) is 23.3 Å². The van der Waals surface area contributed by atoms with Crippen molar-refractivity contribution in [2.75, 3.05) is 5.32 Å². The highest BCUT2D eigenvalue weighted by molar-refractivity contribution is 6.04. The van der Waals surface area contributed by atoms with E-state index in [9.17, 15) is 18.4 Å². The summed E-state index contributed by atoms with van der Waals surface area (Å²) in [6, 6.07) is 5.85. The third-order valence-corrected chi connectivity index (χ3v) is 3.42. The molecular weight excluding hydrogens is 316 g/mol. The summed E-state index contributed by atoms with van der Waals surface area (Å²) < 4.78 is 26.1. The smallest absolute Gasteiger partial charge is 0.274 e. The summed E-state index contributed by atoms with van der Waals surface area (Å²) >= 11 is 0. The van der Waals surface area contributed by atoms with Gasteiger partial charge in [-0.25, -0.2) is 8.78 Å². The minimum atomic E-state index is -1.07. The van der Waals surface area contributed by atoms with Crippen LogP contribution in [-0.2, 0) is 0 Å². The Morgan fingerprint density at radius 1 is 1.12 bits per heavy atom. The molecular formula is C17H17F2N3O2. The molecule has 1 heterocycles. The Bertz CT molecular complexity index is 765. The van der Waals surface area contributed by atoms with Crippen LogP contribution in [0.1, 0.15) is 41.1 Å². The number of carbonyl (C=O) groups is 2. The van der Waals surface area contributed by atoms with Crippen LogP contribution in [0.5, 0.6) is 0 Å². The fraction of sp³-hybridized carbons (Fsp3) is 0.235. The topological polar surface area (TPSA) is 71.1 Å². The molecule has 0 spiro atoms. The molecule has 2 amide bonds. The van der Waals surface area contributed by atoms with E-state index in [2.05, 4.69) is 15.6 Å². The van der Waals surface area contributed by atoms with Gasteiger partial charge in [0.1, 0.15) is 5.69 Å². The lowest BCUT2D eigenvalue weighted by molar-refractivity contribution is 0.0939. The molecule has 0 aliphatic heterocycles. The Hall–Kier alpha value is -2.83. The third kappa shape index (κ3) is 4.34. The Balaban J connectivity index is 2.13. The zero-order valence-corrected chi connectivity index (χ0v) is 13.3. The van der Waals surface area contributed by atoms with Crippen molar-refractivity contribution in [2.24, 2.45) is 0 Å². The quantitative estimate of drug-likeness (QED) is 0.883. The number of rotatable bonds is 5. The lowest BCUT2D eigenvalue weighted by atomic mass is 10.2. The number of hydrogen-bond donors (Lipinski definition) is 2. The fourth-order valence-electron chi connectivity index (χ4n) is 1.87. The molecule has 1 aromatic heterocycles. The van der Waals surface area contributed by atoms with E-state index in [0.717, 1.165) is 18.6 Å². The standard InChI is InChI=1S/C17H17F2N3O2/c1-3-10(2)21-16(23)11-6-7-20-15(8-11)17(24)22-12-4-5-13(18)14(19)9-12/h4-10H,3H2,1-2H3,(H,21,23)(H,22,24). The van der Waals surface area contributed by atoms with Gasteiger partial charge >= 0.3 is 0 Å². The molecule has 2 aromatic rings. The number of nitrogens with zero attached hydrogens (tertiary/aromatic N) is 1. The second kappa shape index (κ2) is 7.63. The second-order valence-corrected chi connectivity index (χ2v) is 5.30. The molecule has 0 saturated carbocycles. The summed E-state index contributed by atoms with van der Waals surface area (Å²) in [6.07, 6.45) is 2.12. The van der Waals surface area contributed by atoms with Crippen molar-refractivity contribution in [3.05, 3.63) is 59.4 Å². The first-order valence-corrected chi connectivity index (χ1v) is 7.44. The molecule has 2 N–H and O–H groups in total. The third-order valence-electron chi connectivity index (χ3n) is 3.42. The van der Waals surface area contributed by atoms with Gasteiger partial charge in [-0.05, 0) is 37.6 Å². The SMILES string of the molecule is CCC(C)NC(=O)c1ccnc(C(=O)Nc2ccc(F)c(F)c2)c1. The molecule has 1 aromatic carbocycles. The summed E-state index contributed by atoms with van der Waals surface area (Å²) in [5.74, 6) is -3.01. The molecule has 0 aliphatic carbocycles. The van der Waals surface area contributed by atoms with E-state index in [1.807, 2.05) is 13.8 Å². The number of benzene rings is 1. The maximum absolute atomic E-state index is 13.2. The molecule has 126 valence electrons. The van der Waals surface area contributed by atoms with Gasteiger partial charge in [0.25, 0.3) is 11.8 Å². The van der Waals surface area contributed by atoms with Crippen LogP contribution in [0.25, 0.3) is 0 Å². The predicted octanol–water partition coefficient (Wildman–Crippen LogP) is 3.14. The number of amides is 2. The number of carbonyl (C=O) groups excluding carboxylic acids is 2. The number of anilines is 1. The van der Waals surface area contributed by atoms with E-state index in [0.29, 0.717) is 5.56 Å². The molecule has 24 heavy (non-hydrogen) atoms. The summed E-state index contributed by atoms with van der Waals surface area (Å²) in [5.41, 5.74) is 0.382. The normalized spacial score (nSPS) is 11.7. The van der Waals surface area contributed by atoms with Crippen molar-refractivity contribution >= 4 is 17.5 Å². The summed E-state index contributed by atoms with van der Waals surface area (Å²) in [7, 11) is 0. The van der Waals surface area contributed by atoms with E-state index < -0.39 is 17.5 Å². The zero-order chi connectivity index (χ0) is 17.7. The van der Waals surface area contributed by atoms with Crippen molar-refractivity contribution in [3.63, 3.8) is 0 Å². The number of aromatic nitrogens is 1. The van der Waals surface area contributed by atoms with Crippen LogP contribution in [0.2, 0.25) is 0 Å². The minimum Gasteiger partial charge on any atom is -0.350 e. The number of hydrogen-bond acceptors (Lipinski definition) is 3. The van der Waals surface area contributed by atoms with Crippen molar-refractivity contribution < 1.29 is 18.4 Å². The van der Waals surface area contributed by atoms with Crippen LogP contribution in [0.3, 0.4) is 0 Å². The zero-order valence-electron chi connectivity index (χ0n) is 13.3. The second-order valence-electron chi connectivity index (χ2n) is 5.30. The molecule has 0 saturated heterocycles. The van der Waals surface area contributed by atoms with Crippen LogP contribution in [-0.4, -0.2) is 22.8 Å². The molecule has 0 radical (unpaired) electrons. The van der Waals surface area contributed by atoms with Gasteiger partial charge < -0.3 is 10.6 Å². The largest absolute Gasteiger partial charge is 0.350 e. The first-order chi connectivity index (χ1) is 11.4. The van der Waals surface area contributed by atoms with E-state index >= 15 is 0 Å². The van der Waals surface area contributed by atoms with Crippen LogP contribution >= 0.6 is 0 Å². The summed E-state index contributed by atoms with van der Waals surface area (Å²) in [5, 5.41) is 5.19. The van der Waals surface area contributed by atoms with Gasteiger partial charge in [0.05, 0.1) is 0 Å². The molecule has 5 nitrogen and oxygen atoms in total. The molecule has 0 bridgehead atoms. The average molecular weight is 333 g/mol. The van der Waals surface area contributed by atoms with Crippen molar-refractivity contribution in [1.82, 2.24) is 10.3 Å². The highest BCUT2D eigenvalue weighted by atomic mass is 19.2. The van der Waals surface area contributed by atoms with Gasteiger partial charge in [-0.15, -0.1) is 0 Å². The highest BCUT2D eigenvalue weighted by Gasteiger charge is 2.14. The van der Waals surface area contributed by atoms with Crippen LogP contribution < -0.4 is 10.6 Å². The first kappa shape index (κ1) is 17.5. The summed E-state index contributed by atoms with van der Waals surface area (Å²) in [6.45, 7) is 3.81. The van der Waals surface area contributed by atoms with Crippen LogP contribution in [0, 0.1) is 11.6 Å². The number of halogens is 2. The fourth-order valence-corrected chi connectivity index (χ4v) is 1.87. The lowest BCUT2D eigenvalue weighted by Crippen LogP contribution is -2.32. The van der Waals surface area contributed by atoms with Crippen molar-refractivity contribution in [1.29, 1.82) is 0 Å². The maximum Gasteiger partial charge on any atom is 0.274 e. The molecule has 2 rings (SSSR count). The Labute approximate surface area is 138 Å². The van der Waals surface area contributed by atoms with Gasteiger partial charge in [0, 0.05) is 29.6 Å².